The zero-order chi connectivity index (χ0) is 19.2. The maximum atomic E-state index is 11.8. The van der Waals surface area contributed by atoms with Gasteiger partial charge in [0.15, 0.2) is 6.10 Å². The maximum Gasteiger partial charge on any atom is 0.345 e. The number of carbonyl (C=O) groups is 1. The molecule has 138 valence electrons. The summed E-state index contributed by atoms with van der Waals surface area (Å²) < 4.78 is 11.7. The first-order chi connectivity index (χ1) is 13.0. The minimum absolute atomic E-state index is 0.117. The number of aryl methyl sites for hydroxylation is 1. The number of hydrogen-bond acceptors (Lipinski definition) is 3. The number of aliphatic carboxylic acids is 1. The summed E-state index contributed by atoms with van der Waals surface area (Å²) in [5, 5.41) is 10.1. The van der Waals surface area contributed by atoms with Crippen molar-refractivity contribution in [3.05, 3.63) is 88.9 Å². The molecule has 4 nitrogen and oxygen atoms in total. The summed E-state index contributed by atoms with van der Waals surface area (Å²) >= 11 is 6.12. The molecule has 0 unspecified atom stereocenters. The van der Waals surface area contributed by atoms with Gasteiger partial charge in [-0.05, 0) is 48.9 Å². The second-order valence-electron chi connectivity index (χ2n) is 6.08. The van der Waals surface area contributed by atoms with Crippen LogP contribution in [0.25, 0.3) is 0 Å². The van der Waals surface area contributed by atoms with Crippen molar-refractivity contribution in [1.82, 2.24) is 0 Å². The Labute approximate surface area is 162 Å². The van der Waals surface area contributed by atoms with Crippen LogP contribution in [0.2, 0.25) is 5.02 Å². The summed E-state index contributed by atoms with van der Waals surface area (Å²) in [5.41, 5.74) is 1.53. The Morgan fingerprint density at radius 2 is 1.70 bits per heavy atom. The van der Waals surface area contributed by atoms with Crippen LogP contribution in [0.15, 0.2) is 72.8 Å². The van der Waals surface area contributed by atoms with Gasteiger partial charge < -0.3 is 14.6 Å². The van der Waals surface area contributed by atoms with Gasteiger partial charge in [0.2, 0.25) is 0 Å². The predicted molar refractivity (Wildman–Crippen MR) is 105 cm³/mol. The van der Waals surface area contributed by atoms with E-state index >= 15 is 0 Å². The minimum atomic E-state index is -1.07. The number of rotatable bonds is 7. The largest absolute Gasteiger partial charge is 0.478 e. The lowest BCUT2D eigenvalue weighted by molar-refractivity contribution is -0.145. The number of carboxylic acid groups (broad SMARTS) is 1. The molecule has 0 aromatic heterocycles. The number of ether oxygens (including phenoxy) is 2. The average molecular weight is 383 g/mol. The monoisotopic (exact) mass is 382 g/mol. The fourth-order valence-electron chi connectivity index (χ4n) is 2.64. The summed E-state index contributed by atoms with van der Waals surface area (Å²) in [7, 11) is 0. The summed E-state index contributed by atoms with van der Waals surface area (Å²) in [4.78, 5) is 11.8. The lowest BCUT2D eigenvalue weighted by atomic mass is 10.1. The second-order valence-corrected chi connectivity index (χ2v) is 6.52. The molecule has 3 aromatic rings. The Bertz CT molecular complexity index is 925. The lowest BCUT2D eigenvalue weighted by Crippen LogP contribution is -2.29. The molecule has 0 saturated carbocycles. The quantitative estimate of drug-likeness (QED) is 0.585. The molecule has 3 aromatic carbocycles. The normalized spacial score (nSPS) is 11.6. The highest BCUT2D eigenvalue weighted by atomic mass is 35.5. The number of halogens is 1. The molecular formula is C22H19ClO4. The van der Waals surface area contributed by atoms with Crippen molar-refractivity contribution in [3.63, 3.8) is 0 Å². The zero-order valence-electron chi connectivity index (χ0n) is 14.8. The highest BCUT2D eigenvalue weighted by Crippen LogP contribution is 2.30. The van der Waals surface area contributed by atoms with Gasteiger partial charge in [-0.3, -0.25) is 0 Å². The fourth-order valence-corrected chi connectivity index (χ4v) is 2.84. The van der Waals surface area contributed by atoms with Crippen LogP contribution in [0.4, 0.5) is 0 Å². The van der Waals surface area contributed by atoms with Crippen LogP contribution in [-0.4, -0.2) is 17.2 Å². The van der Waals surface area contributed by atoms with Gasteiger partial charge in [-0.2, -0.15) is 0 Å². The number of benzene rings is 3. The Hall–Kier alpha value is -2.98. The second kappa shape index (κ2) is 8.60. The topological polar surface area (TPSA) is 55.8 Å². The SMILES string of the molecule is Cc1ccccc1O[C@H](Cc1cc(Cl)ccc1Oc1ccccc1)C(=O)O. The van der Waals surface area contributed by atoms with Crippen molar-refractivity contribution < 1.29 is 19.4 Å². The molecule has 3 rings (SSSR count). The van der Waals surface area contributed by atoms with E-state index < -0.39 is 12.1 Å². The Morgan fingerprint density at radius 3 is 2.41 bits per heavy atom. The molecule has 1 N–H and O–H groups in total. The van der Waals surface area contributed by atoms with Crippen molar-refractivity contribution in [2.75, 3.05) is 0 Å². The summed E-state index contributed by atoms with van der Waals surface area (Å²) in [6, 6.07) is 21.8. The highest BCUT2D eigenvalue weighted by molar-refractivity contribution is 6.30. The van der Waals surface area contributed by atoms with Crippen LogP contribution in [-0.2, 0) is 11.2 Å². The Morgan fingerprint density at radius 1 is 1.00 bits per heavy atom. The Balaban J connectivity index is 1.86. The number of carboxylic acids is 1. The van der Waals surface area contributed by atoms with Crippen molar-refractivity contribution >= 4 is 17.6 Å². The summed E-state index contributed by atoms with van der Waals surface area (Å²) in [5.74, 6) is 0.694. The molecule has 5 heteroatoms. The molecule has 0 heterocycles. The molecular weight excluding hydrogens is 364 g/mol. The smallest absolute Gasteiger partial charge is 0.345 e. The number of hydrogen-bond donors (Lipinski definition) is 1. The molecule has 27 heavy (non-hydrogen) atoms. The van der Waals surface area contributed by atoms with Crippen LogP contribution in [0.5, 0.6) is 17.2 Å². The van der Waals surface area contributed by atoms with Crippen LogP contribution >= 0.6 is 11.6 Å². The molecule has 0 aliphatic heterocycles. The molecule has 0 spiro atoms. The molecule has 0 saturated heterocycles. The lowest BCUT2D eigenvalue weighted by Gasteiger charge is -2.19. The van der Waals surface area contributed by atoms with Crippen molar-refractivity contribution in [2.24, 2.45) is 0 Å². The van der Waals surface area contributed by atoms with Crippen molar-refractivity contribution in [3.8, 4) is 17.2 Å². The van der Waals surface area contributed by atoms with Crippen LogP contribution < -0.4 is 9.47 Å². The third kappa shape index (κ3) is 5.02. The molecule has 1 atom stereocenters. The van der Waals surface area contributed by atoms with Crippen molar-refractivity contribution in [2.45, 2.75) is 19.4 Å². The van der Waals surface area contributed by atoms with Gasteiger partial charge in [-0.15, -0.1) is 0 Å². The first kappa shape index (κ1) is 18.8. The maximum absolute atomic E-state index is 11.8. The van der Waals surface area contributed by atoms with E-state index in [2.05, 4.69) is 0 Å². The first-order valence-corrected chi connectivity index (χ1v) is 8.87. The highest BCUT2D eigenvalue weighted by Gasteiger charge is 2.23. The average Bonchev–Trinajstić information content (AvgIpc) is 2.66. The van der Waals surface area contributed by atoms with E-state index in [0.717, 1.165) is 5.56 Å². The summed E-state index contributed by atoms with van der Waals surface area (Å²) in [6.07, 6.45) is -0.949. The van der Waals surface area contributed by atoms with Crippen molar-refractivity contribution in [1.29, 1.82) is 0 Å². The number of para-hydroxylation sites is 2. The van der Waals surface area contributed by atoms with Gasteiger partial charge >= 0.3 is 5.97 Å². The van der Waals surface area contributed by atoms with E-state index in [0.29, 0.717) is 27.8 Å². The predicted octanol–water partition coefficient (Wildman–Crippen LogP) is 5.52. The van der Waals surface area contributed by atoms with E-state index in [4.69, 9.17) is 21.1 Å². The molecule has 0 fully saturated rings. The minimum Gasteiger partial charge on any atom is -0.478 e. The molecule has 0 radical (unpaired) electrons. The third-order valence-corrected chi connectivity index (χ3v) is 4.27. The van der Waals surface area contributed by atoms with Gasteiger partial charge in [0.05, 0.1) is 0 Å². The van der Waals surface area contributed by atoms with Gasteiger partial charge in [-0.1, -0.05) is 48.0 Å². The van der Waals surface area contributed by atoms with Crippen LogP contribution in [0.1, 0.15) is 11.1 Å². The van der Waals surface area contributed by atoms with Crippen LogP contribution in [0, 0.1) is 6.92 Å². The summed E-state index contributed by atoms with van der Waals surface area (Å²) in [6.45, 7) is 1.87. The van der Waals surface area contributed by atoms with Gasteiger partial charge in [0.1, 0.15) is 17.2 Å². The van der Waals surface area contributed by atoms with Gasteiger partial charge in [0, 0.05) is 17.0 Å². The molecule has 0 aliphatic carbocycles. The van der Waals surface area contributed by atoms with E-state index in [1.54, 1.807) is 24.3 Å². The van der Waals surface area contributed by atoms with E-state index in [-0.39, 0.29) is 6.42 Å². The molecule has 0 amide bonds. The van der Waals surface area contributed by atoms with Gasteiger partial charge in [0.25, 0.3) is 0 Å². The zero-order valence-corrected chi connectivity index (χ0v) is 15.5. The fraction of sp³-hybridized carbons (Fsp3) is 0.136. The standard InChI is InChI=1S/C22H19ClO4/c1-15-7-5-6-10-19(15)27-21(22(24)25)14-16-13-17(23)11-12-20(16)26-18-8-3-2-4-9-18/h2-13,21H,14H2,1H3,(H,24,25)/t21-/m1/s1. The Kier molecular flexibility index (Phi) is 5.99. The first-order valence-electron chi connectivity index (χ1n) is 8.49. The van der Waals surface area contributed by atoms with E-state index in [1.807, 2.05) is 55.5 Å². The van der Waals surface area contributed by atoms with E-state index in [1.165, 1.54) is 0 Å². The van der Waals surface area contributed by atoms with Crippen LogP contribution in [0.3, 0.4) is 0 Å². The third-order valence-electron chi connectivity index (χ3n) is 4.04. The van der Waals surface area contributed by atoms with E-state index in [9.17, 15) is 9.90 Å². The molecule has 0 bridgehead atoms. The molecule has 0 aliphatic rings. The van der Waals surface area contributed by atoms with Gasteiger partial charge in [-0.25, -0.2) is 4.79 Å².